The number of rotatable bonds is 5. The quantitative estimate of drug-likeness (QED) is 0.873. The van der Waals surface area contributed by atoms with Crippen molar-refractivity contribution in [1.29, 1.82) is 0 Å². The maximum absolute atomic E-state index is 5.51. The third-order valence-electron chi connectivity index (χ3n) is 4.17. The van der Waals surface area contributed by atoms with Crippen LogP contribution in [0.15, 0.2) is 24.3 Å². The number of hydrogen-bond donors (Lipinski definition) is 2. The zero-order valence-electron chi connectivity index (χ0n) is 12.4. The van der Waals surface area contributed by atoms with Gasteiger partial charge in [0.15, 0.2) is 0 Å². The fourth-order valence-electron chi connectivity index (χ4n) is 3.27. The lowest BCUT2D eigenvalue weighted by Gasteiger charge is -2.27. The molecular formula is C17H24N2O. The molecule has 108 valence electrons. The summed E-state index contributed by atoms with van der Waals surface area (Å²) in [6.07, 6.45) is 3.65. The second kappa shape index (κ2) is 5.98. The number of aromatic amines is 1. The Morgan fingerprint density at radius 3 is 3.10 bits per heavy atom. The van der Waals surface area contributed by atoms with E-state index in [-0.39, 0.29) is 0 Å². The largest absolute Gasteiger partial charge is 0.380 e. The van der Waals surface area contributed by atoms with E-state index < -0.39 is 0 Å². The van der Waals surface area contributed by atoms with Crippen molar-refractivity contribution in [3.63, 3.8) is 0 Å². The fourth-order valence-corrected chi connectivity index (χ4v) is 3.27. The van der Waals surface area contributed by atoms with E-state index in [0.29, 0.717) is 12.1 Å². The molecule has 2 unspecified atom stereocenters. The number of aryl methyl sites for hydroxylation is 1. The van der Waals surface area contributed by atoms with Gasteiger partial charge in [0.05, 0.1) is 6.61 Å². The minimum absolute atomic E-state index is 0.386. The van der Waals surface area contributed by atoms with Gasteiger partial charge in [-0.1, -0.05) is 18.2 Å². The normalized spacial score (nSPS) is 20.0. The van der Waals surface area contributed by atoms with Gasteiger partial charge >= 0.3 is 0 Å². The van der Waals surface area contributed by atoms with E-state index in [1.54, 1.807) is 0 Å². The van der Waals surface area contributed by atoms with E-state index in [1.807, 2.05) is 6.92 Å². The third-order valence-corrected chi connectivity index (χ3v) is 4.17. The molecule has 1 aliphatic carbocycles. The summed E-state index contributed by atoms with van der Waals surface area (Å²) >= 11 is 0. The second-order valence-electron chi connectivity index (χ2n) is 5.73. The summed E-state index contributed by atoms with van der Waals surface area (Å²) in [5, 5.41) is 5.11. The molecule has 3 heteroatoms. The van der Waals surface area contributed by atoms with Crippen molar-refractivity contribution in [2.45, 2.75) is 45.2 Å². The SMILES string of the molecule is CCOCC(C)NC1CCCc2c1[nH]c1ccccc21. The summed E-state index contributed by atoms with van der Waals surface area (Å²) in [6, 6.07) is 9.46. The van der Waals surface area contributed by atoms with Crippen LogP contribution in [-0.4, -0.2) is 24.2 Å². The van der Waals surface area contributed by atoms with Gasteiger partial charge in [0.2, 0.25) is 0 Å². The Morgan fingerprint density at radius 2 is 2.25 bits per heavy atom. The molecule has 0 amide bonds. The highest BCUT2D eigenvalue weighted by atomic mass is 16.5. The molecule has 3 nitrogen and oxygen atoms in total. The van der Waals surface area contributed by atoms with Crippen LogP contribution in [-0.2, 0) is 11.2 Å². The van der Waals surface area contributed by atoms with E-state index in [0.717, 1.165) is 13.2 Å². The Labute approximate surface area is 120 Å². The molecule has 0 spiro atoms. The Bertz CT molecular complexity index is 575. The summed E-state index contributed by atoms with van der Waals surface area (Å²) in [4.78, 5) is 3.62. The van der Waals surface area contributed by atoms with E-state index in [2.05, 4.69) is 41.5 Å². The van der Waals surface area contributed by atoms with E-state index in [4.69, 9.17) is 4.74 Å². The van der Waals surface area contributed by atoms with Gasteiger partial charge in [0.25, 0.3) is 0 Å². The van der Waals surface area contributed by atoms with Gasteiger partial charge in [-0.3, -0.25) is 0 Å². The molecule has 0 aliphatic heterocycles. The first-order valence-electron chi connectivity index (χ1n) is 7.73. The van der Waals surface area contributed by atoms with E-state index >= 15 is 0 Å². The summed E-state index contributed by atoms with van der Waals surface area (Å²) in [7, 11) is 0. The van der Waals surface area contributed by atoms with Crippen molar-refractivity contribution in [2.24, 2.45) is 0 Å². The number of hydrogen-bond acceptors (Lipinski definition) is 2. The van der Waals surface area contributed by atoms with Crippen molar-refractivity contribution in [1.82, 2.24) is 10.3 Å². The van der Waals surface area contributed by atoms with Crippen LogP contribution in [0.2, 0.25) is 0 Å². The summed E-state index contributed by atoms with van der Waals surface area (Å²) in [6.45, 7) is 5.81. The van der Waals surface area contributed by atoms with Crippen LogP contribution in [0.25, 0.3) is 10.9 Å². The molecule has 1 aromatic heterocycles. The number of benzene rings is 1. The molecule has 1 aromatic carbocycles. The number of aromatic nitrogens is 1. The van der Waals surface area contributed by atoms with Gasteiger partial charge in [0.1, 0.15) is 0 Å². The smallest absolute Gasteiger partial charge is 0.0616 e. The van der Waals surface area contributed by atoms with Crippen LogP contribution >= 0.6 is 0 Å². The molecule has 2 aromatic rings. The van der Waals surface area contributed by atoms with Crippen LogP contribution < -0.4 is 5.32 Å². The second-order valence-corrected chi connectivity index (χ2v) is 5.73. The molecule has 1 heterocycles. The standard InChI is InChI=1S/C17H24N2O/c1-3-20-11-12(2)18-16-10-6-8-14-13-7-4-5-9-15(13)19-17(14)16/h4-5,7,9,12,16,18-19H,3,6,8,10-11H2,1-2H3. The predicted octanol–water partition coefficient (Wildman–Crippen LogP) is 3.56. The van der Waals surface area contributed by atoms with Crippen molar-refractivity contribution in [3.8, 4) is 0 Å². The Balaban J connectivity index is 1.82. The molecular weight excluding hydrogens is 248 g/mol. The van der Waals surface area contributed by atoms with Gasteiger partial charge in [-0.2, -0.15) is 0 Å². The fraction of sp³-hybridized carbons (Fsp3) is 0.529. The molecule has 0 bridgehead atoms. The van der Waals surface area contributed by atoms with Crippen LogP contribution in [0, 0.1) is 0 Å². The van der Waals surface area contributed by atoms with E-state index in [1.165, 1.54) is 41.4 Å². The van der Waals surface area contributed by atoms with Crippen molar-refractivity contribution in [3.05, 3.63) is 35.5 Å². The van der Waals surface area contributed by atoms with Crippen LogP contribution in [0.3, 0.4) is 0 Å². The van der Waals surface area contributed by atoms with Crippen molar-refractivity contribution < 1.29 is 4.74 Å². The van der Waals surface area contributed by atoms with Gasteiger partial charge < -0.3 is 15.0 Å². The number of nitrogens with one attached hydrogen (secondary N) is 2. The maximum Gasteiger partial charge on any atom is 0.0616 e. The zero-order chi connectivity index (χ0) is 13.9. The topological polar surface area (TPSA) is 37.0 Å². The number of para-hydroxylation sites is 1. The lowest BCUT2D eigenvalue weighted by Crippen LogP contribution is -2.35. The Hall–Kier alpha value is -1.32. The van der Waals surface area contributed by atoms with Crippen LogP contribution in [0.4, 0.5) is 0 Å². The first-order valence-corrected chi connectivity index (χ1v) is 7.73. The van der Waals surface area contributed by atoms with Crippen molar-refractivity contribution >= 4 is 10.9 Å². The first-order chi connectivity index (χ1) is 9.79. The monoisotopic (exact) mass is 272 g/mol. The highest BCUT2D eigenvalue weighted by Crippen LogP contribution is 2.34. The molecule has 0 saturated heterocycles. The molecule has 2 N–H and O–H groups in total. The van der Waals surface area contributed by atoms with Crippen LogP contribution in [0.1, 0.15) is 44.0 Å². The number of fused-ring (bicyclic) bond motifs is 3. The number of H-pyrrole nitrogens is 1. The lowest BCUT2D eigenvalue weighted by atomic mass is 9.91. The molecule has 0 saturated carbocycles. The summed E-state index contributed by atoms with van der Waals surface area (Å²) in [5.74, 6) is 0. The minimum atomic E-state index is 0.386. The van der Waals surface area contributed by atoms with Gasteiger partial charge in [-0.15, -0.1) is 0 Å². The summed E-state index contributed by atoms with van der Waals surface area (Å²) < 4.78 is 5.51. The Kier molecular flexibility index (Phi) is 4.08. The molecule has 2 atom stereocenters. The molecule has 20 heavy (non-hydrogen) atoms. The average Bonchev–Trinajstić information content (AvgIpc) is 2.85. The lowest BCUT2D eigenvalue weighted by molar-refractivity contribution is 0.122. The molecule has 0 radical (unpaired) electrons. The average molecular weight is 272 g/mol. The Morgan fingerprint density at radius 1 is 1.40 bits per heavy atom. The van der Waals surface area contributed by atoms with Crippen LogP contribution in [0.5, 0.6) is 0 Å². The molecule has 0 fully saturated rings. The molecule has 3 rings (SSSR count). The zero-order valence-corrected chi connectivity index (χ0v) is 12.4. The first kappa shape index (κ1) is 13.7. The number of ether oxygens (including phenoxy) is 1. The van der Waals surface area contributed by atoms with Gasteiger partial charge in [-0.05, 0) is 44.7 Å². The molecule has 1 aliphatic rings. The van der Waals surface area contributed by atoms with Gasteiger partial charge in [-0.25, -0.2) is 0 Å². The minimum Gasteiger partial charge on any atom is -0.380 e. The predicted molar refractivity (Wildman–Crippen MR) is 83.1 cm³/mol. The van der Waals surface area contributed by atoms with Crippen molar-refractivity contribution in [2.75, 3.05) is 13.2 Å². The maximum atomic E-state index is 5.51. The summed E-state index contributed by atoms with van der Waals surface area (Å²) in [5.41, 5.74) is 4.16. The van der Waals surface area contributed by atoms with Gasteiger partial charge in [0, 0.05) is 35.3 Å². The highest BCUT2D eigenvalue weighted by Gasteiger charge is 2.24. The highest BCUT2D eigenvalue weighted by molar-refractivity contribution is 5.85. The third kappa shape index (κ3) is 2.60. The van der Waals surface area contributed by atoms with E-state index in [9.17, 15) is 0 Å².